The lowest BCUT2D eigenvalue weighted by atomic mass is 10.1. The smallest absolute Gasteiger partial charge is 0.255 e. The van der Waals surface area contributed by atoms with Crippen LogP contribution in [-0.2, 0) is 4.74 Å². The van der Waals surface area contributed by atoms with Gasteiger partial charge in [0, 0.05) is 25.9 Å². The van der Waals surface area contributed by atoms with Crippen molar-refractivity contribution >= 4 is 29.1 Å². The summed E-state index contributed by atoms with van der Waals surface area (Å²) in [5.74, 6) is -0.0933. The minimum Gasteiger partial charge on any atom is -0.378 e. The average molecular weight is 303 g/mol. The predicted molar refractivity (Wildman–Crippen MR) is 74.8 cm³/mol. The van der Waals surface area contributed by atoms with Gasteiger partial charge in [0.05, 0.1) is 16.7 Å². The first kappa shape index (κ1) is 14.6. The fourth-order valence-electron chi connectivity index (χ4n) is 2.21. The number of amides is 1. The van der Waals surface area contributed by atoms with E-state index >= 15 is 0 Å². The summed E-state index contributed by atoms with van der Waals surface area (Å²) in [4.78, 5) is 18.0. The van der Waals surface area contributed by atoms with Crippen LogP contribution in [0.15, 0.2) is 12.3 Å². The Balaban J connectivity index is 2.03. The summed E-state index contributed by atoms with van der Waals surface area (Å²) in [6.07, 6.45) is 3.38. The van der Waals surface area contributed by atoms with Crippen molar-refractivity contribution in [1.29, 1.82) is 0 Å². The number of carbonyl (C=O) groups is 1. The first-order chi connectivity index (χ1) is 9.11. The fraction of sp³-hybridized carbons (Fsp3) is 0.538. The standard InChI is InChI=1S/C13H16Cl2N2O2/c1-2-19-9-3-5-17(6-4-9)13(18)10-7-12(15)16-8-11(10)14/h7-9H,2-6H2,1H3. The Morgan fingerprint density at radius 2 is 2.16 bits per heavy atom. The van der Waals surface area contributed by atoms with Crippen molar-refractivity contribution in [2.75, 3.05) is 19.7 Å². The maximum absolute atomic E-state index is 12.4. The molecule has 0 saturated carbocycles. The van der Waals surface area contributed by atoms with Crippen molar-refractivity contribution in [2.45, 2.75) is 25.9 Å². The van der Waals surface area contributed by atoms with Crippen LogP contribution in [0.1, 0.15) is 30.1 Å². The number of nitrogens with zero attached hydrogens (tertiary/aromatic N) is 2. The van der Waals surface area contributed by atoms with Crippen molar-refractivity contribution in [2.24, 2.45) is 0 Å². The van der Waals surface area contributed by atoms with Gasteiger partial charge in [-0.3, -0.25) is 4.79 Å². The molecule has 1 fully saturated rings. The molecule has 0 aromatic carbocycles. The minimum atomic E-state index is -0.0933. The summed E-state index contributed by atoms with van der Waals surface area (Å²) < 4.78 is 5.56. The van der Waals surface area contributed by atoms with E-state index in [0.29, 0.717) is 30.3 Å². The maximum atomic E-state index is 12.4. The van der Waals surface area contributed by atoms with Gasteiger partial charge in [0.2, 0.25) is 0 Å². The molecule has 4 nitrogen and oxygen atoms in total. The third-order valence-electron chi connectivity index (χ3n) is 3.18. The van der Waals surface area contributed by atoms with Crippen molar-refractivity contribution < 1.29 is 9.53 Å². The Kier molecular flexibility index (Phi) is 5.02. The zero-order chi connectivity index (χ0) is 13.8. The molecule has 1 aliphatic rings. The molecule has 1 aliphatic heterocycles. The highest BCUT2D eigenvalue weighted by atomic mass is 35.5. The van der Waals surface area contributed by atoms with E-state index in [0.717, 1.165) is 12.8 Å². The van der Waals surface area contributed by atoms with Crippen LogP contribution in [0.4, 0.5) is 0 Å². The van der Waals surface area contributed by atoms with Crippen molar-refractivity contribution in [3.05, 3.63) is 28.0 Å². The van der Waals surface area contributed by atoms with Gasteiger partial charge in [-0.25, -0.2) is 4.98 Å². The number of pyridine rings is 1. The second kappa shape index (κ2) is 6.55. The molecule has 1 aromatic heterocycles. The fourth-order valence-corrected chi connectivity index (χ4v) is 2.55. The van der Waals surface area contributed by atoms with Crippen molar-refractivity contribution in [1.82, 2.24) is 9.88 Å². The lowest BCUT2D eigenvalue weighted by Crippen LogP contribution is -2.41. The highest BCUT2D eigenvalue weighted by molar-refractivity contribution is 6.35. The summed E-state index contributed by atoms with van der Waals surface area (Å²) >= 11 is 11.8. The average Bonchev–Trinajstić information content (AvgIpc) is 2.42. The summed E-state index contributed by atoms with van der Waals surface area (Å²) in [6, 6.07) is 1.51. The lowest BCUT2D eigenvalue weighted by Gasteiger charge is -2.32. The van der Waals surface area contributed by atoms with E-state index in [1.165, 1.54) is 12.3 Å². The number of ether oxygens (including phenoxy) is 1. The van der Waals surface area contributed by atoms with Crippen LogP contribution in [0.3, 0.4) is 0 Å². The van der Waals surface area contributed by atoms with E-state index in [4.69, 9.17) is 27.9 Å². The topological polar surface area (TPSA) is 42.4 Å². The van der Waals surface area contributed by atoms with Gasteiger partial charge < -0.3 is 9.64 Å². The van der Waals surface area contributed by atoms with Crippen LogP contribution in [0.5, 0.6) is 0 Å². The van der Waals surface area contributed by atoms with E-state index in [1.54, 1.807) is 4.90 Å². The largest absolute Gasteiger partial charge is 0.378 e. The van der Waals surface area contributed by atoms with Crippen LogP contribution in [0.2, 0.25) is 10.2 Å². The van der Waals surface area contributed by atoms with Crippen LogP contribution in [0, 0.1) is 0 Å². The molecule has 0 N–H and O–H groups in total. The highest BCUT2D eigenvalue weighted by Gasteiger charge is 2.25. The number of aromatic nitrogens is 1. The van der Waals surface area contributed by atoms with E-state index in [-0.39, 0.29) is 17.2 Å². The van der Waals surface area contributed by atoms with Gasteiger partial charge >= 0.3 is 0 Å². The number of piperidine rings is 1. The molecule has 2 heterocycles. The third kappa shape index (κ3) is 3.59. The predicted octanol–water partition coefficient (Wildman–Crippen LogP) is 3.03. The van der Waals surface area contributed by atoms with E-state index in [1.807, 2.05) is 6.92 Å². The number of hydrogen-bond donors (Lipinski definition) is 0. The molecule has 1 aromatic rings. The molecular formula is C13H16Cl2N2O2. The summed E-state index contributed by atoms with van der Waals surface area (Å²) in [7, 11) is 0. The minimum absolute atomic E-state index is 0.0933. The zero-order valence-electron chi connectivity index (χ0n) is 10.7. The molecule has 1 amide bonds. The monoisotopic (exact) mass is 302 g/mol. The number of rotatable bonds is 3. The van der Waals surface area contributed by atoms with Gasteiger partial charge in [0.1, 0.15) is 5.15 Å². The van der Waals surface area contributed by atoms with E-state index in [2.05, 4.69) is 4.98 Å². The maximum Gasteiger partial charge on any atom is 0.255 e. The van der Waals surface area contributed by atoms with Crippen molar-refractivity contribution in [3.63, 3.8) is 0 Å². The molecule has 0 radical (unpaired) electrons. The molecule has 19 heavy (non-hydrogen) atoms. The molecule has 0 bridgehead atoms. The van der Waals surface area contributed by atoms with Crippen LogP contribution < -0.4 is 0 Å². The Bertz CT molecular complexity index is 460. The number of carbonyl (C=O) groups excluding carboxylic acids is 1. The van der Waals surface area contributed by atoms with Crippen molar-refractivity contribution in [3.8, 4) is 0 Å². The summed E-state index contributed by atoms with van der Waals surface area (Å²) in [5, 5.41) is 0.610. The van der Waals surface area contributed by atoms with E-state index < -0.39 is 0 Å². The van der Waals surface area contributed by atoms with Gasteiger partial charge in [0.25, 0.3) is 5.91 Å². The Hall–Kier alpha value is -0.840. The first-order valence-electron chi connectivity index (χ1n) is 6.33. The number of halogens is 2. The molecular weight excluding hydrogens is 287 g/mol. The number of hydrogen-bond acceptors (Lipinski definition) is 3. The second-order valence-electron chi connectivity index (χ2n) is 4.43. The molecule has 104 valence electrons. The zero-order valence-corrected chi connectivity index (χ0v) is 12.2. The Morgan fingerprint density at radius 1 is 1.47 bits per heavy atom. The molecule has 0 aliphatic carbocycles. The summed E-state index contributed by atoms with van der Waals surface area (Å²) in [5.41, 5.74) is 0.413. The quantitative estimate of drug-likeness (QED) is 0.806. The molecule has 0 spiro atoms. The number of likely N-dealkylation sites (tertiary alicyclic amines) is 1. The third-order valence-corrected chi connectivity index (χ3v) is 3.69. The highest BCUT2D eigenvalue weighted by Crippen LogP contribution is 2.22. The van der Waals surface area contributed by atoms with Crippen LogP contribution in [0.25, 0.3) is 0 Å². The summed E-state index contributed by atoms with van der Waals surface area (Å²) in [6.45, 7) is 4.06. The second-order valence-corrected chi connectivity index (χ2v) is 5.23. The SMILES string of the molecule is CCOC1CCN(C(=O)c2cc(Cl)ncc2Cl)CC1. The molecule has 1 saturated heterocycles. The van der Waals surface area contributed by atoms with Crippen LogP contribution >= 0.6 is 23.2 Å². The lowest BCUT2D eigenvalue weighted by molar-refractivity contribution is 0.0146. The first-order valence-corrected chi connectivity index (χ1v) is 7.09. The Morgan fingerprint density at radius 3 is 2.79 bits per heavy atom. The van der Waals surface area contributed by atoms with Gasteiger partial charge in [-0.15, -0.1) is 0 Å². The molecule has 6 heteroatoms. The van der Waals surface area contributed by atoms with Gasteiger partial charge in [-0.1, -0.05) is 23.2 Å². The molecule has 2 rings (SSSR count). The normalized spacial score (nSPS) is 16.7. The molecule has 0 atom stereocenters. The van der Waals surface area contributed by atoms with Gasteiger partial charge in [-0.05, 0) is 25.8 Å². The molecule has 0 unspecified atom stereocenters. The van der Waals surface area contributed by atoms with Gasteiger partial charge in [-0.2, -0.15) is 0 Å². The van der Waals surface area contributed by atoms with Gasteiger partial charge in [0.15, 0.2) is 0 Å². The van der Waals surface area contributed by atoms with Crippen LogP contribution in [-0.4, -0.2) is 41.6 Å². The Labute approximate surface area is 122 Å². The van der Waals surface area contributed by atoms with E-state index in [9.17, 15) is 4.79 Å².